The molecule has 2 aromatic rings. The summed E-state index contributed by atoms with van der Waals surface area (Å²) in [4.78, 5) is 17.9. The number of nitrogens with zero attached hydrogens (tertiary/aromatic N) is 3. The lowest BCUT2D eigenvalue weighted by molar-refractivity contribution is -0.131. The highest BCUT2D eigenvalue weighted by molar-refractivity contribution is 7.15. The van der Waals surface area contributed by atoms with E-state index in [4.69, 9.17) is 11.5 Å². The van der Waals surface area contributed by atoms with Gasteiger partial charge in [-0.2, -0.15) is 0 Å². The smallest absolute Gasteiger partial charge is 0.328 e. The molecule has 0 amide bonds. The lowest BCUT2D eigenvalue weighted by Gasteiger charge is -2.18. The molecule has 0 aromatic carbocycles. The standard InChI is InChI=1S/C13H13N3O2S/c1-3-7-15(4-2)12-10(5-6-11(17)18)16-8-9-19-13(16)14-12/h1,5-6,8-9H,4,7H2,2H3,(H,17,18)/b6-5+. The monoisotopic (exact) mass is 275 g/mol. The fraction of sp³-hybridized carbons (Fsp3) is 0.231. The molecule has 5 nitrogen and oxygen atoms in total. The van der Waals surface area contributed by atoms with E-state index in [1.54, 1.807) is 6.08 Å². The lowest BCUT2D eigenvalue weighted by atomic mass is 10.3. The minimum absolute atomic E-state index is 0.440. The first-order valence-corrected chi connectivity index (χ1v) is 6.60. The number of anilines is 1. The highest BCUT2D eigenvalue weighted by Gasteiger charge is 2.15. The van der Waals surface area contributed by atoms with Crippen molar-refractivity contribution in [3.05, 3.63) is 23.3 Å². The average molecular weight is 275 g/mol. The molecule has 0 saturated heterocycles. The van der Waals surface area contributed by atoms with Gasteiger partial charge in [0.25, 0.3) is 0 Å². The van der Waals surface area contributed by atoms with Crippen LogP contribution in [0.15, 0.2) is 17.7 Å². The molecule has 98 valence electrons. The summed E-state index contributed by atoms with van der Waals surface area (Å²) in [5.41, 5.74) is 0.732. The van der Waals surface area contributed by atoms with Crippen LogP contribution in [0.2, 0.25) is 0 Å². The van der Waals surface area contributed by atoms with Crippen molar-refractivity contribution in [3.8, 4) is 12.3 Å². The second-order valence-electron chi connectivity index (χ2n) is 3.77. The number of aromatic nitrogens is 2. The van der Waals surface area contributed by atoms with Gasteiger partial charge >= 0.3 is 5.97 Å². The van der Waals surface area contributed by atoms with Crippen molar-refractivity contribution >= 4 is 34.2 Å². The number of imidazole rings is 1. The first kappa shape index (κ1) is 13.2. The van der Waals surface area contributed by atoms with E-state index >= 15 is 0 Å². The van der Waals surface area contributed by atoms with Crippen molar-refractivity contribution < 1.29 is 9.90 Å². The number of rotatable bonds is 5. The van der Waals surface area contributed by atoms with Gasteiger partial charge in [0, 0.05) is 24.2 Å². The molecule has 0 spiro atoms. The average Bonchev–Trinajstić information content (AvgIpc) is 2.94. The van der Waals surface area contributed by atoms with Crippen LogP contribution >= 0.6 is 11.3 Å². The summed E-state index contributed by atoms with van der Waals surface area (Å²) in [6, 6.07) is 0. The van der Waals surface area contributed by atoms with Crippen molar-refractivity contribution in [1.29, 1.82) is 0 Å². The van der Waals surface area contributed by atoms with Gasteiger partial charge in [0.1, 0.15) is 0 Å². The maximum absolute atomic E-state index is 10.7. The van der Waals surface area contributed by atoms with Gasteiger partial charge < -0.3 is 10.0 Å². The predicted molar refractivity (Wildman–Crippen MR) is 76.5 cm³/mol. The Balaban J connectivity index is 2.53. The number of aliphatic carboxylic acids is 1. The molecule has 0 aliphatic carbocycles. The number of carbonyl (C=O) groups is 1. The topological polar surface area (TPSA) is 57.8 Å². The van der Waals surface area contributed by atoms with Crippen LogP contribution in [-0.4, -0.2) is 33.6 Å². The van der Waals surface area contributed by atoms with E-state index in [-0.39, 0.29) is 0 Å². The molecule has 0 aliphatic heterocycles. The van der Waals surface area contributed by atoms with Crippen LogP contribution in [0.25, 0.3) is 11.0 Å². The van der Waals surface area contributed by atoms with Crippen molar-refractivity contribution in [2.45, 2.75) is 6.92 Å². The highest BCUT2D eigenvalue weighted by Crippen LogP contribution is 2.25. The quantitative estimate of drug-likeness (QED) is 0.669. The molecular weight excluding hydrogens is 262 g/mol. The summed E-state index contributed by atoms with van der Waals surface area (Å²) in [6.07, 6.45) is 9.86. The number of carboxylic acids is 1. The largest absolute Gasteiger partial charge is 0.478 e. The zero-order valence-corrected chi connectivity index (χ0v) is 11.2. The Bertz CT molecular complexity index is 663. The normalized spacial score (nSPS) is 10.9. The summed E-state index contributed by atoms with van der Waals surface area (Å²) in [5.74, 6) is 2.31. The van der Waals surface area contributed by atoms with Gasteiger partial charge in [-0.05, 0) is 13.0 Å². The Hall–Kier alpha value is -2.26. The summed E-state index contributed by atoms with van der Waals surface area (Å²) in [7, 11) is 0. The van der Waals surface area contributed by atoms with Crippen LogP contribution in [0.5, 0.6) is 0 Å². The van der Waals surface area contributed by atoms with Crippen molar-refractivity contribution in [3.63, 3.8) is 0 Å². The number of terminal acetylenes is 1. The maximum Gasteiger partial charge on any atom is 0.328 e. The van der Waals surface area contributed by atoms with Crippen LogP contribution < -0.4 is 4.90 Å². The Morgan fingerprint density at radius 1 is 1.74 bits per heavy atom. The fourth-order valence-electron chi connectivity index (χ4n) is 1.78. The van der Waals surface area contributed by atoms with Crippen molar-refractivity contribution in [2.75, 3.05) is 18.0 Å². The lowest BCUT2D eigenvalue weighted by Crippen LogP contribution is -2.24. The highest BCUT2D eigenvalue weighted by atomic mass is 32.1. The Kier molecular flexibility index (Phi) is 3.88. The Morgan fingerprint density at radius 2 is 2.53 bits per heavy atom. The number of hydrogen-bond donors (Lipinski definition) is 1. The van der Waals surface area contributed by atoms with Crippen LogP contribution in [-0.2, 0) is 4.79 Å². The molecule has 0 unspecified atom stereocenters. The van der Waals surface area contributed by atoms with E-state index in [1.807, 2.05) is 27.8 Å². The molecule has 6 heteroatoms. The van der Waals surface area contributed by atoms with E-state index in [0.29, 0.717) is 18.9 Å². The predicted octanol–water partition coefficient (Wildman–Crippen LogP) is 1.95. The van der Waals surface area contributed by atoms with Crippen LogP contribution in [0.4, 0.5) is 5.82 Å². The third-order valence-corrected chi connectivity index (χ3v) is 3.38. The van der Waals surface area contributed by atoms with Gasteiger partial charge in [-0.25, -0.2) is 9.78 Å². The summed E-state index contributed by atoms with van der Waals surface area (Å²) in [5, 5.41) is 10.7. The molecule has 0 bridgehead atoms. The Morgan fingerprint density at radius 3 is 3.16 bits per heavy atom. The molecule has 1 N–H and O–H groups in total. The van der Waals surface area contributed by atoms with Gasteiger partial charge in [0.05, 0.1) is 12.2 Å². The number of hydrogen-bond acceptors (Lipinski definition) is 4. The maximum atomic E-state index is 10.7. The molecule has 0 radical (unpaired) electrons. The molecule has 0 atom stereocenters. The number of fused-ring (bicyclic) bond motifs is 1. The van der Waals surface area contributed by atoms with Crippen molar-refractivity contribution in [1.82, 2.24) is 9.38 Å². The fourth-order valence-corrected chi connectivity index (χ4v) is 2.49. The minimum Gasteiger partial charge on any atom is -0.478 e. The van der Waals surface area contributed by atoms with Gasteiger partial charge in [-0.15, -0.1) is 17.8 Å². The van der Waals surface area contributed by atoms with Crippen LogP contribution in [0.1, 0.15) is 12.6 Å². The SMILES string of the molecule is C#CCN(CC)c1nc2sccn2c1/C=C/C(=O)O. The van der Waals surface area contributed by atoms with Gasteiger partial charge in [0.2, 0.25) is 0 Å². The number of carboxylic acid groups (broad SMARTS) is 1. The molecule has 2 rings (SSSR count). The van der Waals surface area contributed by atoms with E-state index in [2.05, 4.69) is 10.9 Å². The molecular formula is C13H13N3O2S. The van der Waals surface area contributed by atoms with Gasteiger partial charge in [-0.3, -0.25) is 4.40 Å². The molecule has 2 heterocycles. The van der Waals surface area contributed by atoms with Crippen molar-refractivity contribution in [2.24, 2.45) is 0 Å². The Labute approximate surface area is 114 Å². The minimum atomic E-state index is -0.990. The summed E-state index contributed by atoms with van der Waals surface area (Å²) >= 11 is 1.49. The van der Waals surface area contributed by atoms with Gasteiger partial charge in [-0.1, -0.05) is 5.92 Å². The second kappa shape index (κ2) is 5.59. The summed E-state index contributed by atoms with van der Waals surface area (Å²) < 4.78 is 1.86. The number of thiazole rings is 1. The zero-order valence-electron chi connectivity index (χ0n) is 10.4. The third kappa shape index (κ3) is 2.61. The van der Waals surface area contributed by atoms with Crippen LogP contribution in [0.3, 0.4) is 0 Å². The zero-order chi connectivity index (χ0) is 13.8. The van der Waals surface area contributed by atoms with E-state index in [9.17, 15) is 4.79 Å². The first-order chi connectivity index (χ1) is 9.17. The van der Waals surface area contributed by atoms with Gasteiger partial charge in [0.15, 0.2) is 10.8 Å². The molecule has 2 aromatic heterocycles. The second-order valence-corrected chi connectivity index (χ2v) is 4.64. The molecule has 19 heavy (non-hydrogen) atoms. The third-order valence-electron chi connectivity index (χ3n) is 2.63. The first-order valence-electron chi connectivity index (χ1n) is 5.72. The molecule has 0 saturated carbocycles. The van der Waals surface area contributed by atoms with E-state index in [1.165, 1.54) is 11.3 Å². The summed E-state index contributed by atoms with van der Waals surface area (Å²) in [6.45, 7) is 3.13. The van der Waals surface area contributed by atoms with Crippen LogP contribution in [0, 0.1) is 12.3 Å². The van der Waals surface area contributed by atoms with E-state index in [0.717, 1.165) is 16.7 Å². The van der Waals surface area contributed by atoms with E-state index < -0.39 is 5.97 Å². The molecule has 0 fully saturated rings. The molecule has 0 aliphatic rings.